The van der Waals surface area contributed by atoms with E-state index in [1.165, 1.54) is 23.1 Å². The van der Waals surface area contributed by atoms with Crippen LogP contribution in [0.5, 0.6) is 0 Å². The van der Waals surface area contributed by atoms with Crippen molar-refractivity contribution in [1.82, 2.24) is 24.6 Å². The summed E-state index contributed by atoms with van der Waals surface area (Å²) >= 11 is 5.88. The van der Waals surface area contributed by atoms with E-state index < -0.39 is 28.5 Å². The van der Waals surface area contributed by atoms with Gasteiger partial charge < -0.3 is 9.47 Å². The molecule has 4 rings (SSSR count). The molecule has 1 aliphatic heterocycles. The number of pyridine rings is 1. The lowest BCUT2D eigenvalue weighted by atomic mass is 10.1. The first-order valence-electron chi connectivity index (χ1n) is 8.56. The quantitative estimate of drug-likeness (QED) is 0.560. The molecule has 3 aromatic rings. The molecule has 0 fully saturated rings. The van der Waals surface area contributed by atoms with Crippen LogP contribution in [0.2, 0.25) is 5.02 Å². The number of hydrogen-bond acceptors (Lipinski definition) is 4. The molecule has 0 spiro atoms. The Hall–Kier alpha value is -3.27. The highest BCUT2D eigenvalue weighted by atomic mass is 35.5. The molecule has 0 saturated heterocycles. The van der Waals surface area contributed by atoms with Crippen molar-refractivity contribution in [3.05, 3.63) is 76.6 Å². The fourth-order valence-corrected chi connectivity index (χ4v) is 3.43. The first kappa shape index (κ1) is 20.0. The Kier molecular flexibility index (Phi) is 4.81. The summed E-state index contributed by atoms with van der Waals surface area (Å²) in [6, 6.07) is 5.82. The van der Waals surface area contributed by atoms with E-state index >= 15 is 0 Å². The number of hydrogen-bond donors (Lipinski definition) is 0. The molecule has 0 N–H and O–H groups in total. The summed E-state index contributed by atoms with van der Waals surface area (Å²) < 4.78 is 54.1. The minimum atomic E-state index is -4.69. The Morgan fingerprint density at radius 3 is 2.57 bits per heavy atom. The summed E-state index contributed by atoms with van der Waals surface area (Å²) in [5, 5.41) is 7.39. The van der Waals surface area contributed by atoms with Gasteiger partial charge in [-0.05, 0) is 24.3 Å². The molecule has 0 saturated carbocycles. The standard InChI is InChI=1S/C19H12ClF4N5O/c1-10-8-29-15(26-27-17(29)14-6-5-11(21)7-25-14)9-28(10)18(30)12-3-2-4-13(16(12)20)19(22,23)24/h2-7H,1,8-9H2. The first-order valence-corrected chi connectivity index (χ1v) is 8.94. The van der Waals surface area contributed by atoms with Gasteiger partial charge in [0.1, 0.15) is 11.5 Å². The predicted octanol–water partition coefficient (Wildman–Crippen LogP) is 4.32. The Bertz CT molecular complexity index is 1160. The van der Waals surface area contributed by atoms with E-state index in [-0.39, 0.29) is 18.7 Å². The largest absolute Gasteiger partial charge is 0.417 e. The molecule has 30 heavy (non-hydrogen) atoms. The molecule has 3 heterocycles. The van der Waals surface area contributed by atoms with Crippen LogP contribution in [0.25, 0.3) is 11.5 Å². The Labute approximate surface area is 172 Å². The zero-order valence-electron chi connectivity index (χ0n) is 15.1. The molecular weight excluding hydrogens is 426 g/mol. The number of benzene rings is 1. The topological polar surface area (TPSA) is 63.9 Å². The third kappa shape index (κ3) is 3.43. The van der Waals surface area contributed by atoms with Crippen molar-refractivity contribution in [3.8, 4) is 11.5 Å². The summed E-state index contributed by atoms with van der Waals surface area (Å²) in [6.45, 7) is 3.88. The number of aromatic nitrogens is 4. The van der Waals surface area contributed by atoms with Crippen molar-refractivity contribution < 1.29 is 22.4 Å². The van der Waals surface area contributed by atoms with Gasteiger partial charge in [0.05, 0.1) is 35.4 Å². The summed E-state index contributed by atoms with van der Waals surface area (Å²) in [7, 11) is 0. The smallest absolute Gasteiger partial charge is 0.303 e. The maximum absolute atomic E-state index is 13.1. The monoisotopic (exact) mass is 437 g/mol. The van der Waals surface area contributed by atoms with Crippen molar-refractivity contribution in [2.75, 3.05) is 0 Å². The van der Waals surface area contributed by atoms with E-state index in [2.05, 4.69) is 21.8 Å². The maximum atomic E-state index is 13.1. The van der Waals surface area contributed by atoms with E-state index in [1.54, 1.807) is 4.57 Å². The zero-order valence-corrected chi connectivity index (χ0v) is 15.9. The minimum absolute atomic E-state index is 0.0710. The molecule has 1 amide bonds. The number of amides is 1. The number of nitrogens with zero attached hydrogens (tertiary/aromatic N) is 5. The van der Waals surface area contributed by atoms with E-state index in [9.17, 15) is 22.4 Å². The van der Waals surface area contributed by atoms with E-state index in [1.807, 2.05) is 0 Å². The maximum Gasteiger partial charge on any atom is 0.417 e. The van der Waals surface area contributed by atoms with Crippen molar-refractivity contribution in [2.24, 2.45) is 0 Å². The van der Waals surface area contributed by atoms with Crippen molar-refractivity contribution in [3.63, 3.8) is 0 Å². The van der Waals surface area contributed by atoms with Crippen molar-refractivity contribution >= 4 is 17.5 Å². The van der Waals surface area contributed by atoms with Crippen molar-refractivity contribution in [2.45, 2.75) is 19.3 Å². The van der Waals surface area contributed by atoms with Gasteiger partial charge in [0.2, 0.25) is 0 Å². The molecule has 2 aromatic heterocycles. The van der Waals surface area contributed by atoms with Crippen LogP contribution in [0.4, 0.5) is 17.6 Å². The lowest BCUT2D eigenvalue weighted by Crippen LogP contribution is -2.36. The minimum Gasteiger partial charge on any atom is -0.303 e. The molecule has 1 aliphatic rings. The van der Waals surface area contributed by atoms with Crippen LogP contribution < -0.4 is 0 Å². The Morgan fingerprint density at radius 2 is 1.90 bits per heavy atom. The van der Waals surface area contributed by atoms with Gasteiger partial charge >= 0.3 is 6.18 Å². The van der Waals surface area contributed by atoms with Crippen LogP contribution in [0.15, 0.2) is 48.8 Å². The highest BCUT2D eigenvalue weighted by Crippen LogP contribution is 2.37. The van der Waals surface area contributed by atoms with Gasteiger partial charge in [-0.25, -0.2) is 9.37 Å². The van der Waals surface area contributed by atoms with Crippen LogP contribution in [0.1, 0.15) is 21.7 Å². The first-order chi connectivity index (χ1) is 14.2. The molecular formula is C19H12ClF4N5O. The van der Waals surface area contributed by atoms with Gasteiger partial charge in [-0.3, -0.25) is 4.79 Å². The van der Waals surface area contributed by atoms with Crippen LogP contribution in [0.3, 0.4) is 0 Å². The van der Waals surface area contributed by atoms with Crippen LogP contribution in [0, 0.1) is 5.82 Å². The Balaban J connectivity index is 1.66. The zero-order chi connectivity index (χ0) is 21.6. The summed E-state index contributed by atoms with van der Waals surface area (Å²) in [4.78, 5) is 18.1. The fourth-order valence-electron chi connectivity index (χ4n) is 3.11. The number of rotatable bonds is 2. The lowest BCUT2D eigenvalue weighted by molar-refractivity contribution is -0.137. The molecule has 11 heteroatoms. The summed E-state index contributed by atoms with van der Waals surface area (Å²) in [5.74, 6) is -0.501. The van der Waals surface area contributed by atoms with Gasteiger partial charge in [0, 0.05) is 5.70 Å². The number of halogens is 5. The highest BCUT2D eigenvalue weighted by Gasteiger charge is 2.36. The fraction of sp³-hybridized carbons (Fsp3) is 0.158. The normalized spacial score (nSPS) is 14.0. The summed E-state index contributed by atoms with van der Waals surface area (Å²) in [6.07, 6.45) is -3.65. The van der Waals surface area contributed by atoms with Gasteiger partial charge in [0.25, 0.3) is 5.91 Å². The predicted molar refractivity (Wildman–Crippen MR) is 98.7 cm³/mol. The number of carbonyl (C=O) groups excluding carboxylic acids is 1. The molecule has 1 aromatic carbocycles. The van der Waals surface area contributed by atoms with E-state index in [0.29, 0.717) is 23.0 Å². The third-order valence-corrected chi connectivity index (χ3v) is 4.99. The molecule has 0 atom stereocenters. The molecule has 0 radical (unpaired) electrons. The number of fused-ring (bicyclic) bond motifs is 1. The van der Waals surface area contributed by atoms with Gasteiger partial charge in [-0.15, -0.1) is 10.2 Å². The number of carbonyl (C=O) groups is 1. The van der Waals surface area contributed by atoms with Crippen LogP contribution >= 0.6 is 11.6 Å². The molecule has 0 bridgehead atoms. The summed E-state index contributed by atoms with van der Waals surface area (Å²) in [5.41, 5.74) is -0.695. The average Bonchev–Trinajstić information content (AvgIpc) is 3.09. The lowest BCUT2D eigenvalue weighted by Gasteiger charge is -2.30. The molecule has 6 nitrogen and oxygen atoms in total. The molecule has 0 unspecified atom stereocenters. The van der Waals surface area contributed by atoms with E-state index in [4.69, 9.17) is 11.6 Å². The SMILES string of the molecule is C=C1Cn2c(nnc2-c2ccc(F)cn2)CN1C(=O)c1cccc(C(F)(F)F)c1Cl. The third-order valence-electron chi connectivity index (χ3n) is 4.59. The number of allylic oxidation sites excluding steroid dienone is 1. The van der Waals surface area contributed by atoms with Crippen molar-refractivity contribution in [1.29, 1.82) is 0 Å². The second-order valence-electron chi connectivity index (χ2n) is 6.51. The second kappa shape index (κ2) is 7.21. The van der Waals surface area contributed by atoms with Crippen LogP contribution in [-0.4, -0.2) is 30.6 Å². The molecule has 154 valence electrons. The number of alkyl halides is 3. The van der Waals surface area contributed by atoms with Gasteiger partial charge in [-0.1, -0.05) is 24.2 Å². The second-order valence-corrected chi connectivity index (χ2v) is 6.89. The van der Waals surface area contributed by atoms with Gasteiger partial charge in [-0.2, -0.15) is 13.2 Å². The molecule has 0 aliphatic carbocycles. The van der Waals surface area contributed by atoms with E-state index in [0.717, 1.165) is 18.3 Å². The highest BCUT2D eigenvalue weighted by molar-refractivity contribution is 6.34. The average molecular weight is 438 g/mol. The van der Waals surface area contributed by atoms with Crippen LogP contribution in [-0.2, 0) is 19.3 Å². The Morgan fingerprint density at radius 1 is 1.13 bits per heavy atom. The van der Waals surface area contributed by atoms with Gasteiger partial charge in [0.15, 0.2) is 11.6 Å².